The monoisotopic (exact) mass is 189 g/mol. The van der Waals surface area contributed by atoms with Gasteiger partial charge in [0.25, 0.3) is 0 Å². The van der Waals surface area contributed by atoms with Crippen molar-refractivity contribution in [3.8, 4) is 0 Å². The van der Waals surface area contributed by atoms with Gasteiger partial charge in [-0.05, 0) is 6.92 Å². The summed E-state index contributed by atoms with van der Waals surface area (Å²) in [6.07, 6.45) is 2.81. The number of nitrogens with one attached hydrogen (secondary N) is 1. The predicted octanol–water partition coefficient (Wildman–Crippen LogP) is 0.275. The Morgan fingerprint density at radius 3 is 2.75 bits per heavy atom. The Morgan fingerprint density at radius 2 is 2.33 bits per heavy atom. The Bertz CT molecular complexity index is 355. The molecular weight excluding hydrogens is 178 g/mol. The highest BCUT2D eigenvalue weighted by molar-refractivity contribution is 7.92. The van der Waals surface area contributed by atoms with Gasteiger partial charge in [-0.25, -0.2) is 8.42 Å². The van der Waals surface area contributed by atoms with Gasteiger partial charge >= 0.3 is 0 Å². The quantitative estimate of drug-likeness (QED) is 0.742. The summed E-state index contributed by atoms with van der Waals surface area (Å²) in [4.78, 5) is 0. The van der Waals surface area contributed by atoms with Crippen LogP contribution in [0.3, 0.4) is 0 Å². The first-order valence-corrected chi connectivity index (χ1v) is 5.41. The van der Waals surface area contributed by atoms with Crippen LogP contribution in [0.5, 0.6) is 0 Å². The average molecular weight is 189 g/mol. The van der Waals surface area contributed by atoms with E-state index < -0.39 is 10.0 Å². The molecule has 68 valence electrons. The van der Waals surface area contributed by atoms with E-state index in [4.69, 9.17) is 0 Å². The largest absolute Gasteiger partial charge is 0.271 e. The molecule has 5 nitrogen and oxygen atoms in total. The second kappa shape index (κ2) is 3.14. The van der Waals surface area contributed by atoms with E-state index in [9.17, 15) is 8.42 Å². The summed E-state index contributed by atoms with van der Waals surface area (Å²) in [5, 5.41) is 3.94. The van der Waals surface area contributed by atoms with E-state index in [1.807, 2.05) is 6.92 Å². The Hall–Kier alpha value is -1.04. The van der Waals surface area contributed by atoms with Crippen molar-refractivity contribution in [3.05, 3.63) is 12.3 Å². The van der Waals surface area contributed by atoms with E-state index in [-0.39, 0.29) is 0 Å². The van der Waals surface area contributed by atoms with Crippen molar-refractivity contribution in [3.63, 3.8) is 0 Å². The van der Waals surface area contributed by atoms with Crippen molar-refractivity contribution in [2.24, 2.45) is 0 Å². The SMILES string of the molecule is CCn1ccc(NS(C)(=O)=O)n1. The van der Waals surface area contributed by atoms with E-state index in [1.165, 1.54) is 0 Å². The topological polar surface area (TPSA) is 64.0 Å². The minimum atomic E-state index is -3.20. The standard InChI is InChI=1S/C6H11N3O2S/c1-3-9-5-4-6(7-9)8-12(2,10)11/h4-5H,3H2,1-2H3,(H,7,8). The molecule has 1 aromatic rings. The van der Waals surface area contributed by atoms with E-state index in [1.54, 1.807) is 16.9 Å². The van der Waals surface area contributed by atoms with Crippen LogP contribution >= 0.6 is 0 Å². The Labute approximate surface area is 71.4 Å². The third-order valence-corrected chi connectivity index (χ3v) is 1.83. The number of aromatic nitrogens is 2. The fourth-order valence-corrected chi connectivity index (χ4v) is 1.27. The molecule has 1 rings (SSSR count). The van der Waals surface area contributed by atoms with E-state index in [0.717, 1.165) is 12.8 Å². The maximum Gasteiger partial charge on any atom is 0.231 e. The molecule has 0 unspecified atom stereocenters. The molecule has 0 saturated carbocycles. The normalized spacial score (nSPS) is 11.5. The molecule has 0 fully saturated rings. The maximum atomic E-state index is 10.7. The number of sulfonamides is 1. The molecular formula is C6H11N3O2S. The van der Waals surface area contributed by atoms with Crippen LogP contribution in [0, 0.1) is 0 Å². The summed E-state index contributed by atoms with van der Waals surface area (Å²) in [7, 11) is -3.20. The van der Waals surface area contributed by atoms with Crippen molar-refractivity contribution in [1.82, 2.24) is 9.78 Å². The second-order valence-electron chi connectivity index (χ2n) is 2.43. The van der Waals surface area contributed by atoms with Crippen molar-refractivity contribution >= 4 is 15.8 Å². The third kappa shape index (κ3) is 2.54. The highest BCUT2D eigenvalue weighted by Crippen LogP contribution is 2.03. The lowest BCUT2D eigenvalue weighted by molar-refractivity contribution is 0.606. The Kier molecular flexibility index (Phi) is 2.37. The first kappa shape index (κ1) is 9.05. The molecule has 0 spiro atoms. The Balaban J connectivity index is 2.78. The van der Waals surface area contributed by atoms with Gasteiger partial charge < -0.3 is 0 Å². The lowest BCUT2D eigenvalue weighted by Crippen LogP contribution is -2.10. The maximum absolute atomic E-state index is 10.7. The number of hydrogen-bond acceptors (Lipinski definition) is 3. The van der Waals surface area contributed by atoms with E-state index in [2.05, 4.69) is 9.82 Å². The van der Waals surface area contributed by atoms with Gasteiger partial charge in [-0.2, -0.15) is 5.10 Å². The molecule has 0 saturated heterocycles. The molecule has 6 heteroatoms. The highest BCUT2D eigenvalue weighted by Gasteiger charge is 2.03. The molecule has 1 heterocycles. The van der Waals surface area contributed by atoms with Crippen LogP contribution in [-0.4, -0.2) is 24.5 Å². The van der Waals surface area contributed by atoms with Gasteiger partial charge in [-0.3, -0.25) is 9.40 Å². The summed E-state index contributed by atoms with van der Waals surface area (Å²) in [5.74, 6) is 0.361. The number of rotatable bonds is 3. The van der Waals surface area contributed by atoms with Gasteiger partial charge in [0, 0.05) is 18.8 Å². The smallest absolute Gasteiger partial charge is 0.231 e. The number of anilines is 1. The molecule has 1 N–H and O–H groups in total. The molecule has 12 heavy (non-hydrogen) atoms. The zero-order chi connectivity index (χ0) is 9.19. The molecule has 0 atom stereocenters. The van der Waals surface area contributed by atoms with Crippen LogP contribution in [0.15, 0.2) is 12.3 Å². The van der Waals surface area contributed by atoms with E-state index >= 15 is 0 Å². The first-order valence-electron chi connectivity index (χ1n) is 3.52. The van der Waals surface area contributed by atoms with Crippen LogP contribution < -0.4 is 4.72 Å². The molecule has 1 aromatic heterocycles. The van der Waals surface area contributed by atoms with Crippen LogP contribution in [0.2, 0.25) is 0 Å². The van der Waals surface area contributed by atoms with Crippen LogP contribution in [0.25, 0.3) is 0 Å². The fourth-order valence-electron chi connectivity index (χ4n) is 0.782. The molecule has 0 amide bonds. The number of aryl methyl sites for hydroxylation is 1. The van der Waals surface area contributed by atoms with Crippen molar-refractivity contribution in [2.75, 3.05) is 11.0 Å². The van der Waals surface area contributed by atoms with Gasteiger partial charge in [-0.15, -0.1) is 0 Å². The minimum Gasteiger partial charge on any atom is -0.271 e. The zero-order valence-electron chi connectivity index (χ0n) is 6.98. The Morgan fingerprint density at radius 1 is 1.67 bits per heavy atom. The van der Waals surface area contributed by atoms with Crippen molar-refractivity contribution in [1.29, 1.82) is 0 Å². The zero-order valence-corrected chi connectivity index (χ0v) is 7.80. The fraction of sp³-hybridized carbons (Fsp3) is 0.500. The first-order chi connectivity index (χ1) is 5.51. The van der Waals surface area contributed by atoms with Crippen LogP contribution in [0.4, 0.5) is 5.82 Å². The van der Waals surface area contributed by atoms with Gasteiger partial charge in [0.2, 0.25) is 10.0 Å². The average Bonchev–Trinajstić information content (AvgIpc) is 2.32. The van der Waals surface area contributed by atoms with Gasteiger partial charge in [0.15, 0.2) is 5.82 Å². The van der Waals surface area contributed by atoms with Crippen LogP contribution in [-0.2, 0) is 16.6 Å². The highest BCUT2D eigenvalue weighted by atomic mass is 32.2. The van der Waals surface area contributed by atoms with Gasteiger partial charge in [0.05, 0.1) is 6.26 Å². The number of nitrogens with zero attached hydrogens (tertiary/aromatic N) is 2. The molecule has 0 aliphatic carbocycles. The summed E-state index contributed by atoms with van der Waals surface area (Å²) >= 11 is 0. The lowest BCUT2D eigenvalue weighted by atomic mass is 10.7. The summed E-state index contributed by atoms with van der Waals surface area (Å²) in [6.45, 7) is 2.66. The van der Waals surface area contributed by atoms with Gasteiger partial charge in [0.1, 0.15) is 0 Å². The van der Waals surface area contributed by atoms with Crippen molar-refractivity contribution in [2.45, 2.75) is 13.5 Å². The lowest BCUT2D eigenvalue weighted by Gasteiger charge is -1.97. The van der Waals surface area contributed by atoms with Crippen molar-refractivity contribution < 1.29 is 8.42 Å². The molecule has 0 bridgehead atoms. The minimum absolute atomic E-state index is 0.361. The predicted molar refractivity (Wildman–Crippen MR) is 46.4 cm³/mol. The molecule has 0 aromatic carbocycles. The van der Waals surface area contributed by atoms with Gasteiger partial charge in [-0.1, -0.05) is 0 Å². The summed E-state index contributed by atoms with van der Waals surface area (Å²) < 4.78 is 25.4. The third-order valence-electron chi connectivity index (χ3n) is 1.25. The van der Waals surface area contributed by atoms with E-state index in [0.29, 0.717) is 5.82 Å². The molecule has 0 aliphatic heterocycles. The second-order valence-corrected chi connectivity index (χ2v) is 4.18. The summed E-state index contributed by atoms with van der Waals surface area (Å²) in [6, 6.07) is 1.62. The van der Waals surface area contributed by atoms with Crippen LogP contribution in [0.1, 0.15) is 6.92 Å². The molecule has 0 radical (unpaired) electrons. The summed E-state index contributed by atoms with van der Waals surface area (Å²) in [5.41, 5.74) is 0. The number of hydrogen-bond donors (Lipinski definition) is 1. The molecule has 0 aliphatic rings.